The number of nitrogens with one attached hydrogen (secondary N) is 3. The third-order valence-corrected chi connectivity index (χ3v) is 7.57. The van der Waals surface area contributed by atoms with Crippen molar-refractivity contribution in [2.45, 2.75) is 56.2 Å². The predicted octanol–water partition coefficient (Wildman–Crippen LogP) is 3.04. The Morgan fingerprint density at radius 3 is 2.65 bits per heavy atom. The van der Waals surface area contributed by atoms with Gasteiger partial charge in [-0.3, -0.25) is 9.59 Å². The molecule has 0 spiro atoms. The normalized spacial score (nSPS) is 23.0. The minimum absolute atomic E-state index is 0.00787. The number of hydrogen-bond acceptors (Lipinski definition) is 5. The number of benzene rings is 1. The van der Waals surface area contributed by atoms with E-state index in [0.29, 0.717) is 17.7 Å². The molecule has 2 aliphatic carbocycles. The van der Waals surface area contributed by atoms with E-state index in [1.54, 1.807) is 11.5 Å². The van der Waals surface area contributed by atoms with Crippen LogP contribution in [0.2, 0.25) is 0 Å². The fourth-order valence-corrected chi connectivity index (χ4v) is 5.82. The van der Waals surface area contributed by atoms with Crippen LogP contribution in [0.4, 0.5) is 23.2 Å². The molecule has 1 unspecified atom stereocenters. The molecule has 2 aromatic heterocycles. The van der Waals surface area contributed by atoms with Crippen molar-refractivity contribution in [2.24, 2.45) is 5.92 Å². The molecule has 3 aliphatic rings. The summed E-state index contributed by atoms with van der Waals surface area (Å²) in [7, 11) is 0. The van der Waals surface area contributed by atoms with Gasteiger partial charge in [-0.05, 0) is 43.4 Å². The monoisotopic (exact) mass is 518 g/mol. The van der Waals surface area contributed by atoms with Crippen molar-refractivity contribution in [3.63, 3.8) is 0 Å². The van der Waals surface area contributed by atoms with Crippen molar-refractivity contribution in [1.29, 1.82) is 0 Å². The standard InChI is InChI=1S/C24H22F4N6O3/c1-10-18(21(36)30-12-2-3-13(25)14(26)6-12)16-5-11-4-15(11)34(16)19(10)20(35)22(37)31-23(8-24(27,28)9-23)17-7-29-33-32-17/h2-3,6-7,11,15,20,35H,4-5,8-9H2,1H3,(H,30,36)(H,31,37)(H,29,32,33)/t11-,15-,20?/m1/s1. The maximum atomic E-state index is 13.9. The van der Waals surface area contributed by atoms with E-state index in [1.807, 2.05) is 0 Å². The van der Waals surface area contributed by atoms with Gasteiger partial charge in [0.2, 0.25) is 0 Å². The molecule has 3 atom stereocenters. The van der Waals surface area contributed by atoms with Gasteiger partial charge in [0.05, 0.1) is 23.0 Å². The number of carbonyl (C=O) groups is 2. The number of aromatic nitrogens is 4. The summed E-state index contributed by atoms with van der Waals surface area (Å²) in [5.41, 5.74) is 0.100. The van der Waals surface area contributed by atoms with Crippen LogP contribution in [0.1, 0.15) is 64.4 Å². The van der Waals surface area contributed by atoms with Crippen molar-refractivity contribution >= 4 is 17.5 Å². The molecule has 2 fully saturated rings. The molecule has 4 N–H and O–H groups in total. The van der Waals surface area contributed by atoms with Crippen LogP contribution < -0.4 is 10.6 Å². The van der Waals surface area contributed by atoms with Gasteiger partial charge in [0.15, 0.2) is 17.7 Å². The minimum Gasteiger partial charge on any atom is -0.377 e. The van der Waals surface area contributed by atoms with Crippen LogP contribution in [-0.2, 0) is 16.8 Å². The maximum Gasteiger partial charge on any atom is 0.257 e. The molecule has 2 saturated carbocycles. The number of halogens is 4. The summed E-state index contributed by atoms with van der Waals surface area (Å²) in [5.74, 6) is -6.42. The SMILES string of the molecule is Cc1c(C(=O)Nc2ccc(F)c(F)c2)c2n(c1C(O)C(=O)NC1(c3cn[nH]n3)CC(F)(F)C1)[C@@H]1C[C@@H]1C2. The number of aliphatic hydroxyl groups excluding tert-OH is 1. The van der Waals surface area contributed by atoms with E-state index in [1.165, 1.54) is 12.3 Å². The average Bonchev–Trinajstić information content (AvgIpc) is 3.13. The molecule has 194 valence electrons. The third kappa shape index (κ3) is 3.71. The molecule has 37 heavy (non-hydrogen) atoms. The smallest absolute Gasteiger partial charge is 0.257 e. The van der Waals surface area contributed by atoms with Crippen molar-refractivity contribution < 1.29 is 32.3 Å². The van der Waals surface area contributed by atoms with Gasteiger partial charge in [-0.2, -0.15) is 15.4 Å². The van der Waals surface area contributed by atoms with E-state index in [-0.39, 0.29) is 34.6 Å². The molecule has 6 rings (SSSR count). The predicted molar refractivity (Wildman–Crippen MR) is 120 cm³/mol. The molecule has 3 heterocycles. The lowest BCUT2D eigenvalue weighted by molar-refractivity contribution is -0.156. The van der Waals surface area contributed by atoms with Crippen LogP contribution in [-0.4, -0.2) is 42.8 Å². The van der Waals surface area contributed by atoms with E-state index in [2.05, 4.69) is 26.0 Å². The van der Waals surface area contributed by atoms with Crippen molar-refractivity contribution in [3.05, 3.63) is 64.2 Å². The quantitative estimate of drug-likeness (QED) is 0.374. The summed E-state index contributed by atoms with van der Waals surface area (Å²) in [6, 6.07) is 2.98. The summed E-state index contributed by atoms with van der Waals surface area (Å²) < 4.78 is 56.4. The van der Waals surface area contributed by atoms with Crippen LogP contribution in [0.3, 0.4) is 0 Å². The molecule has 13 heteroatoms. The Labute approximate surface area is 207 Å². The Morgan fingerprint density at radius 2 is 2.00 bits per heavy atom. The first kappa shape index (κ1) is 23.6. The topological polar surface area (TPSA) is 125 Å². The van der Waals surface area contributed by atoms with E-state index >= 15 is 0 Å². The second kappa shape index (κ2) is 7.88. The fraction of sp³-hybridized carbons (Fsp3) is 0.417. The first-order chi connectivity index (χ1) is 17.5. The zero-order chi connectivity index (χ0) is 26.3. The maximum absolute atomic E-state index is 13.9. The van der Waals surface area contributed by atoms with E-state index in [4.69, 9.17) is 0 Å². The largest absolute Gasteiger partial charge is 0.377 e. The number of H-pyrrole nitrogens is 1. The van der Waals surface area contributed by atoms with Crippen LogP contribution in [0, 0.1) is 24.5 Å². The number of amides is 2. The first-order valence-electron chi connectivity index (χ1n) is 11.7. The number of nitrogens with zero attached hydrogens (tertiary/aromatic N) is 3. The summed E-state index contributed by atoms with van der Waals surface area (Å²) in [6.07, 6.45) is -0.512. The summed E-state index contributed by atoms with van der Waals surface area (Å²) in [5, 5.41) is 26.1. The summed E-state index contributed by atoms with van der Waals surface area (Å²) in [4.78, 5) is 26.4. The second-order valence-electron chi connectivity index (χ2n) is 10.1. The van der Waals surface area contributed by atoms with E-state index in [0.717, 1.165) is 18.6 Å². The molecule has 1 aromatic carbocycles. The average molecular weight is 518 g/mol. The first-order valence-corrected chi connectivity index (χ1v) is 11.7. The number of carbonyl (C=O) groups excluding carboxylic acids is 2. The van der Waals surface area contributed by atoms with Gasteiger partial charge in [-0.15, -0.1) is 0 Å². The van der Waals surface area contributed by atoms with Gasteiger partial charge in [-0.25, -0.2) is 17.6 Å². The Balaban J connectivity index is 1.31. The minimum atomic E-state index is -3.00. The van der Waals surface area contributed by atoms with Gasteiger partial charge >= 0.3 is 0 Å². The van der Waals surface area contributed by atoms with Gasteiger partial charge in [0.1, 0.15) is 5.69 Å². The lowest BCUT2D eigenvalue weighted by Crippen LogP contribution is -2.60. The Kier molecular flexibility index (Phi) is 5.03. The fourth-order valence-electron chi connectivity index (χ4n) is 5.82. The van der Waals surface area contributed by atoms with Crippen molar-refractivity contribution in [2.75, 3.05) is 5.32 Å². The Hall–Kier alpha value is -3.74. The summed E-state index contributed by atoms with van der Waals surface area (Å²) in [6.45, 7) is 1.58. The highest BCUT2D eigenvalue weighted by Crippen LogP contribution is 2.56. The van der Waals surface area contributed by atoms with Crippen LogP contribution >= 0.6 is 0 Å². The van der Waals surface area contributed by atoms with Gasteiger partial charge in [-0.1, -0.05) is 0 Å². The number of aliphatic hydroxyl groups is 1. The zero-order valence-corrected chi connectivity index (χ0v) is 19.5. The molecular weight excluding hydrogens is 496 g/mol. The molecular formula is C24H22F4N6O3. The van der Waals surface area contributed by atoms with E-state index < -0.39 is 53.9 Å². The van der Waals surface area contributed by atoms with Crippen LogP contribution in [0.5, 0.6) is 0 Å². The highest BCUT2D eigenvalue weighted by Gasteiger charge is 2.60. The molecule has 0 radical (unpaired) electrons. The highest BCUT2D eigenvalue weighted by molar-refractivity contribution is 6.07. The van der Waals surface area contributed by atoms with Crippen molar-refractivity contribution in [1.82, 2.24) is 25.3 Å². The van der Waals surface area contributed by atoms with Gasteiger partial charge in [0.25, 0.3) is 17.7 Å². The molecule has 3 aromatic rings. The zero-order valence-electron chi connectivity index (χ0n) is 19.5. The Bertz CT molecular complexity index is 1430. The third-order valence-electron chi connectivity index (χ3n) is 7.57. The number of anilines is 1. The number of rotatable bonds is 6. The number of aromatic amines is 1. The van der Waals surface area contributed by atoms with Crippen LogP contribution in [0.15, 0.2) is 24.4 Å². The highest BCUT2D eigenvalue weighted by atomic mass is 19.3. The number of hydrogen-bond donors (Lipinski definition) is 4. The molecule has 9 nitrogen and oxygen atoms in total. The number of alkyl halides is 2. The van der Waals surface area contributed by atoms with Crippen LogP contribution in [0.25, 0.3) is 0 Å². The molecule has 1 aliphatic heterocycles. The second-order valence-corrected chi connectivity index (χ2v) is 10.1. The van der Waals surface area contributed by atoms with Crippen molar-refractivity contribution in [3.8, 4) is 0 Å². The lowest BCUT2D eigenvalue weighted by Gasteiger charge is -2.46. The lowest BCUT2D eigenvalue weighted by atomic mass is 9.71. The Morgan fingerprint density at radius 1 is 1.24 bits per heavy atom. The number of fused-ring (bicyclic) bond motifs is 3. The molecule has 0 saturated heterocycles. The molecule has 0 bridgehead atoms. The van der Waals surface area contributed by atoms with Gasteiger partial charge in [0, 0.05) is 36.3 Å². The molecule has 2 amide bonds. The van der Waals surface area contributed by atoms with E-state index in [9.17, 15) is 32.3 Å². The van der Waals surface area contributed by atoms with Gasteiger partial charge < -0.3 is 20.3 Å². The summed E-state index contributed by atoms with van der Waals surface area (Å²) >= 11 is 0.